The lowest BCUT2D eigenvalue weighted by Gasteiger charge is -2.10. The van der Waals surface area contributed by atoms with Crippen molar-refractivity contribution in [1.29, 1.82) is 0 Å². The fraction of sp³-hybridized carbons (Fsp3) is 0.438. The zero-order valence-corrected chi connectivity index (χ0v) is 13.1. The average Bonchev–Trinajstić information content (AvgIpc) is 2.72. The number of pyridine rings is 1. The van der Waals surface area contributed by atoms with Crippen molar-refractivity contribution in [3.63, 3.8) is 0 Å². The van der Waals surface area contributed by atoms with Crippen LogP contribution in [0.5, 0.6) is 0 Å². The lowest BCUT2D eigenvalue weighted by atomic mass is 10.1. The second kappa shape index (κ2) is 5.68. The molecule has 5 heteroatoms. The molecule has 0 unspecified atom stereocenters. The molecule has 0 amide bonds. The maximum absolute atomic E-state index is 11.3. The fourth-order valence-corrected chi connectivity index (χ4v) is 2.47. The van der Waals surface area contributed by atoms with Gasteiger partial charge in [0.1, 0.15) is 0 Å². The summed E-state index contributed by atoms with van der Waals surface area (Å²) < 4.78 is 1.74. The van der Waals surface area contributed by atoms with Gasteiger partial charge in [-0.1, -0.05) is 20.8 Å². The van der Waals surface area contributed by atoms with E-state index in [0.29, 0.717) is 5.82 Å². The van der Waals surface area contributed by atoms with Crippen molar-refractivity contribution in [2.45, 2.75) is 47.0 Å². The normalized spacial score (nSPS) is 11.1. The van der Waals surface area contributed by atoms with Gasteiger partial charge in [0.05, 0.1) is 11.3 Å². The SMILES string of the molecule is CCc1c(C)nn(-c2cc(C(=O)O)cc(C(C)C)n2)c1C. The highest BCUT2D eigenvalue weighted by Gasteiger charge is 2.16. The third-order valence-electron chi connectivity index (χ3n) is 3.68. The van der Waals surface area contributed by atoms with Crippen LogP contribution < -0.4 is 0 Å². The summed E-state index contributed by atoms with van der Waals surface area (Å²) in [5.41, 5.74) is 4.16. The third kappa shape index (κ3) is 2.82. The Hall–Kier alpha value is -2.17. The van der Waals surface area contributed by atoms with E-state index in [2.05, 4.69) is 17.0 Å². The molecule has 0 saturated heterocycles. The first kappa shape index (κ1) is 15.2. The first-order valence-corrected chi connectivity index (χ1v) is 7.15. The maximum atomic E-state index is 11.3. The summed E-state index contributed by atoms with van der Waals surface area (Å²) in [6.45, 7) is 10.0. The summed E-state index contributed by atoms with van der Waals surface area (Å²) in [5.74, 6) is -0.220. The molecule has 0 atom stereocenters. The van der Waals surface area contributed by atoms with Gasteiger partial charge in [-0.05, 0) is 43.9 Å². The smallest absolute Gasteiger partial charge is 0.335 e. The molecule has 2 aromatic rings. The van der Waals surface area contributed by atoms with Crippen LogP contribution in [0, 0.1) is 13.8 Å². The Morgan fingerprint density at radius 2 is 2.00 bits per heavy atom. The van der Waals surface area contributed by atoms with Crippen molar-refractivity contribution in [2.75, 3.05) is 0 Å². The number of rotatable bonds is 4. The molecule has 21 heavy (non-hydrogen) atoms. The summed E-state index contributed by atoms with van der Waals surface area (Å²) in [6, 6.07) is 3.20. The van der Waals surface area contributed by atoms with Gasteiger partial charge >= 0.3 is 5.97 Å². The van der Waals surface area contributed by atoms with Crippen LogP contribution in [-0.4, -0.2) is 25.8 Å². The maximum Gasteiger partial charge on any atom is 0.335 e. The summed E-state index contributed by atoms with van der Waals surface area (Å²) >= 11 is 0. The zero-order chi connectivity index (χ0) is 15.7. The Morgan fingerprint density at radius 1 is 1.33 bits per heavy atom. The number of aromatic carboxylic acids is 1. The molecule has 2 rings (SSSR count). The van der Waals surface area contributed by atoms with Gasteiger partial charge in [0.2, 0.25) is 0 Å². The van der Waals surface area contributed by atoms with Crippen LogP contribution in [0.2, 0.25) is 0 Å². The zero-order valence-electron chi connectivity index (χ0n) is 13.1. The summed E-state index contributed by atoms with van der Waals surface area (Å²) in [5, 5.41) is 13.8. The van der Waals surface area contributed by atoms with Crippen LogP contribution in [0.25, 0.3) is 5.82 Å². The molecule has 0 spiro atoms. The number of hydrogen-bond acceptors (Lipinski definition) is 3. The molecule has 5 nitrogen and oxygen atoms in total. The highest BCUT2D eigenvalue weighted by Crippen LogP contribution is 2.21. The van der Waals surface area contributed by atoms with Crippen LogP contribution in [0.1, 0.15) is 59.7 Å². The number of nitrogens with zero attached hydrogens (tertiary/aromatic N) is 3. The third-order valence-corrected chi connectivity index (χ3v) is 3.68. The Bertz CT molecular complexity index is 687. The number of hydrogen-bond donors (Lipinski definition) is 1. The summed E-state index contributed by atoms with van der Waals surface area (Å²) in [6.07, 6.45) is 0.896. The van der Waals surface area contributed by atoms with Crippen LogP contribution >= 0.6 is 0 Å². The highest BCUT2D eigenvalue weighted by molar-refractivity contribution is 5.88. The van der Waals surface area contributed by atoms with E-state index >= 15 is 0 Å². The summed E-state index contributed by atoms with van der Waals surface area (Å²) in [4.78, 5) is 15.9. The molecule has 0 aliphatic rings. The van der Waals surface area contributed by atoms with Crippen molar-refractivity contribution in [3.8, 4) is 5.82 Å². The molecule has 0 radical (unpaired) electrons. The van der Waals surface area contributed by atoms with E-state index in [-0.39, 0.29) is 11.5 Å². The Balaban J connectivity index is 2.66. The molecule has 0 fully saturated rings. The standard InChI is InChI=1S/C16H21N3O2/c1-6-13-10(4)18-19(11(13)5)15-8-12(16(20)21)7-14(17-15)9(2)3/h7-9H,6H2,1-5H3,(H,20,21). The van der Waals surface area contributed by atoms with Crippen molar-refractivity contribution in [1.82, 2.24) is 14.8 Å². The van der Waals surface area contributed by atoms with Gasteiger partial charge in [-0.2, -0.15) is 5.10 Å². The Labute approximate surface area is 124 Å². The largest absolute Gasteiger partial charge is 0.478 e. The molecule has 0 aliphatic carbocycles. The van der Waals surface area contributed by atoms with Gasteiger partial charge in [0, 0.05) is 11.4 Å². The van der Waals surface area contributed by atoms with Gasteiger partial charge in [-0.15, -0.1) is 0 Å². The van der Waals surface area contributed by atoms with Crippen LogP contribution in [0.3, 0.4) is 0 Å². The topological polar surface area (TPSA) is 68.0 Å². The molecule has 0 bridgehead atoms. The van der Waals surface area contributed by atoms with Gasteiger partial charge in [0.25, 0.3) is 0 Å². The van der Waals surface area contributed by atoms with E-state index < -0.39 is 5.97 Å². The Kier molecular flexibility index (Phi) is 4.11. The highest BCUT2D eigenvalue weighted by atomic mass is 16.4. The van der Waals surface area contributed by atoms with Crippen molar-refractivity contribution in [3.05, 3.63) is 40.3 Å². The van der Waals surface area contributed by atoms with E-state index in [9.17, 15) is 9.90 Å². The molecular formula is C16H21N3O2. The predicted octanol–water partition coefficient (Wildman–Crippen LogP) is 3.27. The van der Waals surface area contributed by atoms with Crippen molar-refractivity contribution >= 4 is 5.97 Å². The monoisotopic (exact) mass is 287 g/mol. The van der Waals surface area contributed by atoms with E-state index in [0.717, 1.165) is 23.5 Å². The van der Waals surface area contributed by atoms with Crippen LogP contribution in [0.15, 0.2) is 12.1 Å². The first-order chi connectivity index (χ1) is 9.85. The van der Waals surface area contributed by atoms with Gasteiger partial charge in [-0.25, -0.2) is 14.5 Å². The number of aryl methyl sites for hydroxylation is 1. The molecule has 2 aromatic heterocycles. The van der Waals surface area contributed by atoms with E-state index in [1.807, 2.05) is 27.7 Å². The van der Waals surface area contributed by atoms with Gasteiger partial charge < -0.3 is 5.11 Å². The number of carboxylic acids is 1. The van der Waals surface area contributed by atoms with Gasteiger partial charge in [0.15, 0.2) is 5.82 Å². The minimum absolute atomic E-state index is 0.158. The van der Waals surface area contributed by atoms with Crippen LogP contribution in [-0.2, 0) is 6.42 Å². The van der Waals surface area contributed by atoms with E-state index in [4.69, 9.17) is 0 Å². The van der Waals surface area contributed by atoms with Crippen molar-refractivity contribution in [2.24, 2.45) is 0 Å². The first-order valence-electron chi connectivity index (χ1n) is 7.15. The number of carbonyl (C=O) groups is 1. The predicted molar refractivity (Wildman–Crippen MR) is 81.3 cm³/mol. The van der Waals surface area contributed by atoms with E-state index in [1.54, 1.807) is 16.8 Å². The molecule has 0 aromatic carbocycles. The second-order valence-electron chi connectivity index (χ2n) is 5.51. The lowest BCUT2D eigenvalue weighted by Crippen LogP contribution is -2.09. The number of aromatic nitrogens is 3. The minimum atomic E-state index is -0.946. The Morgan fingerprint density at radius 3 is 2.48 bits per heavy atom. The summed E-state index contributed by atoms with van der Waals surface area (Å²) in [7, 11) is 0. The molecule has 0 aliphatic heterocycles. The minimum Gasteiger partial charge on any atom is -0.478 e. The molecule has 112 valence electrons. The lowest BCUT2D eigenvalue weighted by molar-refractivity contribution is 0.0696. The quantitative estimate of drug-likeness (QED) is 0.937. The molecular weight excluding hydrogens is 266 g/mol. The fourth-order valence-electron chi connectivity index (χ4n) is 2.47. The van der Waals surface area contributed by atoms with Crippen molar-refractivity contribution < 1.29 is 9.90 Å². The van der Waals surface area contributed by atoms with Gasteiger partial charge in [-0.3, -0.25) is 0 Å². The van der Waals surface area contributed by atoms with Crippen LogP contribution in [0.4, 0.5) is 0 Å². The average molecular weight is 287 g/mol. The van der Waals surface area contributed by atoms with E-state index in [1.165, 1.54) is 5.56 Å². The molecule has 0 saturated carbocycles. The molecule has 1 N–H and O–H groups in total. The second-order valence-corrected chi connectivity index (χ2v) is 5.51. The number of carboxylic acid groups (broad SMARTS) is 1. The molecule has 2 heterocycles.